The molecule has 0 amide bonds. The van der Waals surface area contributed by atoms with Crippen LogP contribution in [-0.4, -0.2) is 64.9 Å². The van der Waals surface area contributed by atoms with Crippen molar-refractivity contribution in [1.29, 1.82) is 0 Å². The monoisotopic (exact) mass is 322 g/mol. The Balaban J connectivity index is 2.02. The second-order valence-electron chi connectivity index (χ2n) is 6.47. The van der Waals surface area contributed by atoms with Crippen LogP contribution in [0.4, 0.5) is 0 Å². The number of ether oxygens (including phenoxy) is 1. The number of piperazine rings is 1. The minimum absolute atomic E-state index is 0.193. The van der Waals surface area contributed by atoms with Crippen molar-refractivity contribution in [3.05, 3.63) is 23.8 Å². The summed E-state index contributed by atoms with van der Waals surface area (Å²) < 4.78 is 5.46. The summed E-state index contributed by atoms with van der Waals surface area (Å²) in [4.78, 5) is 4.90. The van der Waals surface area contributed by atoms with Crippen LogP contribution in [0.25, 0.3) is 0 Å². The molecule has 1 aromatic carbocycles. The molecule has 2 rings (SSSR count). The molecule has 1 heterocycles. The van der Waals surface area contributed by atoms with Gasteiger partial charge in [0, 0.05) is 44.9 Å². The average molecular weight is 322 g/mol. The van der Waals surface area contributed by atoms with Gasteiger partial charge in [0.1, 0.15) is 0 Å². The van der Waals surface area contributed by atoms with Crippen LogP contribution in [0.5, 0.6) is 11.5 Å². The van der Waals surface area contributed by atoms with E-state index in [2.05, 4.69) is 23.6 Å². The zero-order valence-electron chi connectivity index (χ0n) is 14.5. The minimum Gasteiger partial charge on any atom is -0.504 e. The Labute approximate surface area is 139 Å². The first kappa shape index (κ1) is 18.0. The number of aromatic hydroxyl groups is 1. The summed E-state index contributed by atoms with van der Waals surface area (Å²) in [6.45, 7) is 11.0. The first-order chi connectivity index (χ1) is 11.0. The molecule has 23 heavy (non-hydrogen) atoms. The molecule has 0 aromatic heterocycles. The Morgan fingerprint density at radius 3 is 2.74 bits per heavy atom. The van der Waals surface area contributed by atoms with Crippen molar-refractivity contribution in [2.45, 2.75) is 45.8 Å². The van der Waals surface area contributed by atoms with E-state index in [4.69, 9.17) is 4.74 Å². The standard InChI is InChI=1S/C18H30N2O3/c1-4-23-18-11-15(5-6-17(18)22)12-19-8-9-20(14(2)3)16(13-19)7-10-21/h5-6,11,14,16,21-22H,4,7-10,12-13H2,1-3H3/t16-/m1/s1. The molecule has 5 heteroatoms. The Bertz CT molecular complexity index is 493. The number of hydrogen-bond acceptors (Lipinski definition) is 5. The minimum atomic E-state index is 0.193. The fraction of sp³-hybridized carbons (Fsp3) is 0.667. The van der Waals surface area contributed by atoms with Crippen LogP contribution in [0.2, 0.25) is 0 Å². The van der Waals surface area contributed by atoms with Crippen LogP contribution in [0.1, 0.15) is 32.8 Å². The van der Waals surface area contributed by atoms with Gasteiger partial charge in [0.05, 0.1) is 6.61 Å². The summed E-state index contributed by atoms with van der Waals surface area (Å²) in [6, 6.07) is 6.49. The maximum Gasteiger partial charge on any atom is 0.161 e. The van der Waals surface area contributed by atoms with E-state index < -0.39 is 0 Å². The van der Waals surface area contributed by atoms with E-state index in [-0.39, 0.29) is 12.4 Å². The largest absolute Gasteiger partial charge is 0.504 e. The van der Waals surface area contributed by atoms with Crippen LogP contribution >= 0.6 is 0 Å². The average Bonchev–Trinajstić information content (AvgIpc) is 2.51. The maximum absolute atomic E-state index is 9.81. The highest BCUT2D eigenvalue weighted by Crippen LogP contribution is 2.28. The zero-order valence-corrected chi connectivity index (χ0v) is 14.5. The van der Waals surface area contributed by atoms with Gasteiger partial charge >= 0.3 is 0 Å². The summed E-state index contributed by atoms with van der Waals surface area (Å²) in [5.74, 6) is 0.746. The Kier molecular flexibility index (Phi) is 6.69. The lowest BCUT2D eigenvalue weighted by atomic mass is 10.1. The molecule has 0 unspecified atom stereocenters. The number of hydrogen-bond donors (Lipinski definition) is 2. The van der Waals surface area contributed by atoms with E-state index in [0.717, 1.165) is 38.2 Å². The van der Waals surface area contributed by atoms with Crippen molar-refractivity contribution < 1.29 is 14.9 Å². The fourth-order valence-corrected chi connectivity index (χ4v) is 3.35. The summed E-state index contributed by atoms with van der Waals surface area (Å²) in [5.41, 5.74) is 1.15. The summed E-state index contributed by atoms with van der Waals surface area (Å²) >= 11 is 0. The van der Waals surface area contributed by atoms with Crippen LogP contribution in [0.15, 0.2) is 18.2 Å². The van der Waals surface area contributed by atoms with Gasteiger partial charge in [-0.15, -0.1) is 0 Å². The highest BCUT2D eigenvalue weighted by molar-refractivity contribution is 5.41. The molecule has 1 saturated heterocycles. The van der Waals surface area contributed by atoms with Gasteiger partial charge in [0.25, 0.3) is 0 Å². The van der Waals surface area contributed by atoms with Crippen LogP contribution in [-0.2, 0) is 6.54 Å². The summed E-state index contributed by atoms with van der Waals surface area (Å²) in [6.07, 6.45) is 0.814. The van der Waals surface area contributed by atoms with Crippen LogP contribution < -0.4 is 4.74 Å². The predicted molar refractivity (Wildman–Crippen MR) is 91.9 cm³/mol. The number of aliphatic hydroxyl groups excluding tert-OH is 1. The molecule has 1 aromatic rings. The van der Waals surface area contributed by atoms with Gasteiger partial charge in [-0.3, -0.25) is 9.80 Å². The lowest BCUT2D eigenvalue weighted by Crippen LogP contribution is -2.55. The van der Waals surface area contributed by atoms with E-state index >= 15 is 0 Å². The highest BCUT2D eigenvalue weighted by atomic mass is 16.5. The second-order valence-corrected chi connectivity index (χ2v) is 6.47. The quantitative estimate of drug-likeness (QED) is 0.805. The van der Waals surface area contributed by atoms with Gasteiger partial charge in [0.15, 0.2) is 11.5 Å². The van der Waals surface area contributed by atoms with Gasteiger partial charge in [-0.2, -0.15) is 0 Å². The molecular formula is C18H30N2O3. The third-order valence-corrected chi connectivity index (χ3v) is 4.47. The second kappa shape index (κ2) is 8.52. The predicted octanol–water partition coefficient (Wildman–Crippen LogP) is 2.07. The lowest BCUT2D eigenvalue weighted by Gasteiger charge is -2.43. The van der Waals surface area contributed by atoms with Crippen molar-refractivity contribution in [2.24, 2.45) is 0 Å². The molecule has 2 N–H and O–H groups in total. The van der Waals surface area contributed by atoms with Crippen molar-refractivity contribution in [3.63, 3.8) is 0 Å². The molecule has 130 valence electrons. The van der Waals surface area contributed by atoms with Gasteiger partial charge in [-0.1, -0.05) is 6.07 Å². The lowest BCUT2D eigenvalue weighted by molar-refractivity contribution is 0.0349. The van der Waals surface area contributed by atoms with Gasteiger partial charge in [0.2, 0.25) is 0 Å². The number of nitrogens with zero attached hydrogens (tertiary/aromatic N) is 2. The van der Waals surface area contributed by atoms with E-state index in [0.29, 0.717) is 24.4 Å². The van der Waals surface area contributed by atoms with Crippen molar-refractivity contribution in [2.75, 3.05) is 32.8 Å². The van der Waals surface area contributed by atoms with E-state index in [1.54, 1.807) is 6.07 Å². The van der Waals surface area contributed by atoms with Crippen LogP contribution in [0, 0.1) is 0 Å². The molecule has 0 bridgehead atoms. The summed E-state index contributed by atoms with van der Waals surface area (Å²) in [5, 5.41) is 19.1. The van der Waals surface area contributed by atoms with E-state index in [1.165, 1.54) is 0 Å². The molecule has 1 aliphatic rings. The fourth-order valence-electron chi connectivity index (χ4n) is 3.35. The number of benzene rings is 1. The molecule has 0 aliphatic carbocycles. The number of aliphatic hydroxyl groups is 1. The molecular weight excluding hydrogens is 292 g/mol. The smallest absolute Gasteiger partial charge is 0.161 e. The third kappa shape index (κ3) is 4.83. The summed E-state index contributed by atoms with van der Waals surface area (Å²) in [7, 11) is 0. The molecule has 0 radical (unpaired) electrons. The third-order valence-electron chi connectivity index (χ3n) is 4.47. The molecule has 1 aliphatic heterocycles. The van der Waals surface area contributed by atoms with Gasteiger partial charge < -0.3 is 14.9 Å². The SMILES string of the molecule is CCOc1cc(CN2CCN(C(C)C)[C@H](CCO)C2)ccc1O. The Morgan fingerprint density at radius 1 is 1.30 bits per heavy atom. The van der Waals surface area contributed by atoms with Gasteiger partial charge in [-0.25, -0.2) is 0 Å². The Hall–Kier alpha value is -1.30. The molecule has 0 saturated carbocycles. The van der Waals surface area contributed by atoms with E-state index in [1.807, 2.05) is 19.1 Å². The molecule has 0 spiro atoms. The van der Waals surface area contributed by atoms with Crippen molar-refractivity contribution >= 4 is 0 Å². The maximum atomic E-state index is 9.81. The molecule has 5 nitrogen and oxygen atoms in total. The van der Waals surface area contributed by atoms with Crippen LogP contribution in [0.3, 0.4) is 0 Å². The van der Waals surface area contributed by atoms with E-state index in [9.17, 15) is 10.2 Å². The number of phenols is 1. The molecule has 1 fully saturated rings. The first-order valence-electron chi connectivity index (χ1n) is 8.58. The van der Waals surface area contributed by atoms with Crippen molar-refractivity contribution in [1.82, 2.24) is 9.80 Å². The van der Waals surface area contributed by atoms with Gasteiger partial charge in [-0.05, 0) is 44.9 Å². The topological polar surface area (TPSA) is 56.2 Å². The highest BCUT2D eigenvalue weighted by Gasteiger charge is 2.28. The normalized spacial score (nSPS) is 20.1. The Morgan fingerprint density at radius 2 is 2.09 bits per heavy atom. The number of rotatable bonds is 7. The van der Waals surface area contributed by atoms with Crippen molar-refractivity contribution in [3.8, 4) is 11.5 Å². The first-order valence-corrected chi connectivity index (χ1v) is 8.58. The zero-order chi connectivity index (χ0) is 16.8. The molecule has 1 atom stereocenters. The number of phenolic OH excluding ortho intramolecular Hbond substituents is 1.